The second-order valence-electron chi connectivity index (χ2n) is 5.53. The van der Waals surface area contributed by atoms with Crippen molar-refractivity contribution in [2.75, 3.05) is 24.2 Å². The molecule has 1 saturated heterocycles. The van der Waals surface area contributed by atoms with Crippen LogP contribution in [0.25, 0.3) is 0 Å². The van der Waals surface area contributed by atoms with Crippen molar-refractivity contribution in [3.63, 3.8) is 0 Å². The second-order valence-corrected chi connectivity index (χ2v) is 5.53. The Morgan fingerprint density at radius 2 is 2.05 bits per heavy atom. The van der Waals surface area contributed by atoms with Gasteiger partial charge in [0.15, 0.2) is 0 Å². The summed E-state index contributed by atoms with van der Waals surface area (Å²) < 4.78 is 0. The number of carbonyl (C=O) groups is 2. The Balaban J connectivity index is 2.40. The summed E-state index contributed by atoms with van der Waals surface area (Å²) in [4.78, 5) is 25.6. The highest BCUT2D eigenvalue weighted by atomic mass is 16.2. The summed E-state index contributed by atoms with van der Waals surface area (Å²) in [5.41, 5.74) is 13.2. The van der Waals surface area contributed by atoms with Crippen LogP contribution in [0.2, 0.25) is 0 Å². The van der Waals surface area contributed by atoms with Crippen LogP contribution in [0.15, 0.2) is 18.2 Å². The standard InChI is InChI=1S/C15H22N4O2/c1-9-3-4-10(14(17)20)8-19(9)13-7-11(16)5-6-12(13)15(21)18-2/h5-7,9-10H,3-4,8,16H2,1-2H3,(H2,17,20)(H,18,21). The molecule has 2 unspecified atom stereocenters. The van der Waals surface area contributed by atoms with Crippen LogP contribution in [0.5, 0.6) is 0 Å². The Labute approximate surface area is 124 Å². The van der Waals surface area contributed by atoms with Crippen molar-refractivity contribution < 1.29 is 9.59 Å². The number of primary amides is 1. The van der Waals surface area contributed by atoms with Crippen LogP contribution in [-0.4, -0.2) is 31.4 Å². The van der Waals surface area contributed by atoms with Crippen LogP contribution in [0.4, 0.5) is 11.4 Å². The number of hydrogen-bond donors (Lipinski definition) is 3. The lowest BCUT2D eigenvalue weighted by Crippen LogP contribution is -2.46. The largest absolute Gasteiger partial charge is 0.399 e. The topological polar surface area (TPSA) is 101 Å². The molecule has 1 fully saturated rings. The minimum absolute atomic E-state index is 0.168. The average molecular weight is 290 g/mol. The predicted octanol–water partition coefficient (Wildman–Crippen LogP) is 0.719. The minimum Gasteiger partial charge on any atom is -0.399 e. The molecule has 0 spiro atoms. The molecule has 6 nitrogen and oxygen atoms in total. The summed E-state index contributed by atoms with van der Waals surface area (Å²) in [5.74, 6) is -0.657. The van der Waals surface area contributed by atoms with E-state index in [1.54, 1.807) is 25.2 Å². The zero-order valence-electron chi connectivity index (χ0n) is 12.4. The molecule has 21 heavy (non-hydrogen) atoms. The SMILES string of the molecule is CNC(=O)c1ccc(N)cc1N1CC(C(N)=O)CCC1C. The van der Waals surface area contributed by atoms with E-state index in [2.05, 4.69) is 17.1 Å². The Morgan fingerprint density at radius 3 is 2.67 bits per heavy atom. The van der Waals surface area contributed by atoms with Crippen molar-refractivity contribution in [1.82, 2.24) is 5.32 Å². The Kier molecular flexibility index (Phi) is 4.35. The fraction of sp³-hybridized carbons (Fsp3) is 0.467. The minimum atomic E-state index is -0.294. The third kappa shape index (κ3) is 3.09. The lowest BCUT2D eigenvalue weighted by molar-refractivity contribution is -0.122. The smallest absolute Gasteiger partial charge is 0.253 e. The van der Waals surface area contributed by atoms with Gasteiger partial charge in [-0.05, 0) is 38.0 Å². The third-order valence-corrected chi connectivity index (χ3v) is 4.09. The first-order valence-electron chi connectivity index (χ1n) is 7.11. The van der Waals surface area contributed by atoms with E-state index in [1.807, 2.05) is 0 Å². The molecule has 0 aromatic heterocycles. The number of nitrogens with one attached hydrogen (secondary N) is 1. The van der Waals surface area contributed by atoms with Crippen LogP contribution >= 0.6 is 0 Å². The fourth-order valence-corrected chi connectivity index (χ4v) is 2.79. The molecule has 6 heteroatoms. The number of rotatable bonds is 3. The molecule has 5 N–H and O–H groups in total. The quantitative estimate of drug-likeness (QED) is 0.714. The van der Waals surface area contributed by atoms with Gasteiger partial charge in [-0.3, -0.25) is 9.59 Å². The normalized spacial score (nSPS) is 21.9. The number of amides is 2. The molecule has 1 aliphatic heterocycles. The maximum Gasteiger partial charge on any atom is 0.253 e. The molecule has 0 aliphatic carbocycles. The van der Waals surface area contributed by atoms with Gasteiger partial charge in [0.1, 0.15) is 0 Å². The molecular formula is C15H22N4O2. The number of carbonyl (C=O) groups excluding carboxylic acids is 2. The van der Waals surface area contributed by atoms with Gasteiger partial charge in [-0.15, -0.1) is 0 Å². The molecule has 114 valence electrons. The van der Waals surface area contributed by atoms with Gasteiger partial charge in [-0.1, -0.05) is 0 Å². The van der Waals surface area contributed by atoms with Gasteiger partial charge in [-0.25, -0.2) is 0 Å². The molecule has 2 rings (SSSR count). The van der Waals surface area contributed by atoms with E-state index in [0.717, 1.165) is 18.5 Å². The summed E-state index contributed by atoms with van der Waals surface area (Å²) in [7, 11) is 1.59. The monoisotopic (exact) mass is 290 g/mol. The van der Waals surface area contributed by atoms with Crippen LogP contribution in [0.1, 0.15) is 30.1 Å². The number of nitrogens with zero attached hydrogens (tertiary/aromatic N) is 1. The zero-order chi connectivity index (χ0) is 15.6. The first-order valence-corrected chi connectivity index (χ1v) is 7.11. The number of hydrogen-bond acceptors (Lipinski definition) is 4. The molecule has 0 bridgehead atoms. The summed E-state index contributed by atoms with van der Waals surface area (Å²) in [6, 6.07) is 5.42. The van der Waals surface area contributed by atoms with Gasteiger partial charge in [0, 0.05) is 25.3 Å². The van der Waals surface area contributed by atoms with Crippen molar-refractivity contribution >= 4 is 23.2 Å². The third-order valence-electron chi connectivity index (χ3n) is 4.09. The number of nitrogens with two attached hydrogens (primary N) is 2. The van der Waals surface area contributed by atoms with Gasteiger partial charge < -0.3 is 21.7 Å². The van der Waals surface area contributed by atoms with Crippen molar-refractivity contribution in [2.24, 2.45) is 11.7 Å². The van der Waals surface area contributed by atoms with E-state index in [9.17, 15) is 9.59 Å². The average Bonchev–Trinajstić information content (AvgIpc) is 2.46. The van der Waals surface area contributed by atoms with Crippen LogP contribution in [0, 0.1) is 5.92 Å². The fourth-order valence-electron chi connectivity index (χ4n) is 2.79. The zero-order valence-corrected chi connectivity index (χ0v) is 12.4. The van der Waals surface area contributed by atoms with Crippen molar-refractivity contribution in [1.29, 1.82) is 0 Å². The van der Waals surface area contributed by atoms with Crippen molar-refractivity contribution in [3.05, 3.63) is 23.8 Å². The predicted molar refractivity (Wildman–Crippen MR) is 83.0 cm³/mol. The molecule has 2 atom stereocenters. The van der Waals surface area contributed by atoms with Gasteiger partial charge in [0.25, 0.3) is 5.91 Å². The maximum atomic E-state index is 12.0. The van der Waals surface area contributed by atoms with E-state index < -0.39 is 0 Å². The van der Waals surface area contributed by atoms with Crippen LogP contribution in [-0.2, 0) is 4.79 Å². The van der Waals surface area contributed by atoms with Gasteiger partial charge in [0.05, 0.1) is 17.2 Å². The van der Waals surface area contributed by atoms with E-state index in [4.69, 9.17) is 11.5 Å². The number of piperidine rings is 1. The van der Waals surface area contributed by atoms with Crippen molar-refractivity contribution in [2.45, 2.75) is 25.8 Å². The molecule has 1 aromatic rings. The lowest BCUT2D eigenvalue weighted by Gasteiger charge is -2.39. The number of nitrogen functional groups attached to an aromatic ring is 1. The Hall–Kier alpha value is -2.24. The highest BCUT2D eigenvalue weighted by Gasteiger charge is 2.30. The molecule has 0 radical (unpaired) electrons. The van der Waals surface area contributed by atoms with E-state index in [0.29, 0.717) is 17.8 Å². The van der Waals surface area contributed by atoms with Crippen LogP contribution in [0.3, 0.4) is 0 Å². The summed E-state index contributed by atoms with van der Waals surface area (Å²) in [6.07, 6.45) is 1.64. The van der Waals surface area contributed by atoms with E-state index in [1.165, 1.54) is 0 Å². The molecular weight excluding hydrogens is 268 g/mol. The second kappa shape index (κ2) is 6.03. The number of anilines is 2. The molecule has 0 saturated carbocycles. The number of benzene rings is 1. The van der Waals surface area contributed by atoms with E-state index >= 15 is 0 Å². The van der Waals surface area contributed by atoms with E-state index in [-0.39, 0.29) is 23.8 Å². The van der Waals surface area contributed by atoms with Crippen LogP contribution < -0.4 is 21.7 Å². The maximum absolute atomic E-state index is 12.0. The van der Waals surface area contributed by atoms with Crippen molar-refractivity contribution in [3.8, 4) is 0 Å². The van der Waals surface area contributed by atoms with Gasteiger partial charge in [0.2, 0.25) is 5.91 Å². The van der Waals surface area contributed by atoms with Gasteiger partial charge in [-0.2, -0.15) is 0 Å². The highest BCUT2D eigenvalue weighted by molar-refractivity contribution is 6.00. The molecule has 1 aliphatic rings. The summed E-state index contributed by atoms with van der Waals surface area (Å²) in [6.45, 7) is 2.60. The lowest BCUT2D eigenvalue weighted by atomic mass is 9.91. The van der Waals surface area contributed by atoms with Gasteiger partial charge >= 0.3 is 0 Å². The molecule has 1 aromatic carbocycles. The molecule has 2 amide bonds. The first-order chi connectivity index (χ1) is 9.93. The Bertz CT molecular complexity index is 559. The summed E-state index contributed by atoms with van der Waals surface area (Å²) in [5, 5.41) is 2.63. The first kappa shape index (κ1) is 15.2. The summed E-state index contributed by atoms with van der Waals surface area (Å²) >= 11 is 0. The molecule has 1 heterocycles. The highest BCUT2D eigenvalue weighted by Crippen LogP contribution is 2.31. The Morgan fingerprint density at radius 1 is 1.33 bits per heavy atom.